The van der Waals surface area contributed by atoms with E-state index in [1.54, 1.807) is 55.8 Å². The van der Waals surface area contributed by atoms with Gasteiger partial charge in [0.1, 0.15) is 17.6 Å². The first kappa shape index (κ1) is 22.8. The molecule has 3 aromatic rings. The molecule has 1 aliphatic heterocycles. The van der Waals surface area contributed by atoms with Crippen LogP contribution in [0, 0.1) is 11.8 Å². The molecule has 8 nitrogen and oxygen atoms in total. The molecule has 4 rings (SSSR count). The predicted molar refractivity (Wildman–Crippen MR) is 128 cm³/mol. The monoisotopic (exact) mass is 460 g/mol. The maximum Gasteiger partial charge on any atom is 0.256 e. The molecule has 3 N–H and O–H groups in total. The van der Waals surface area contributed by atoms with E-state index < -0.39 is 6.10 Å². The van der Waals surface area contributed by atoms with Crippen LogP contribution in [0.3, 0.4) is 0 Å². The van der Waals surface area contributed by atoms with Crippen molar-refractivity contribution in [2.24, 2.45) is 0 Å². The quantitative estimate of drug-likeness (QED) is 0.384. The van der Waals surface area contributed by atoms with Gasteiger partial charge in [0.05, 0.1) is 45.4 Å². The summed E-state index contributed by atoms with van der Waals surface area (Å²) in [5, 5.41) is 13.7. The number of fused-ring (bicyclic) bond motifs is 1. The molecule has 1 amide bonds. The second kappa shape index (κ2) is 9.65. The lowest BCUT2D eigenvalue weighted by Gasteiger charge is -2.15. The molecule has 1 aromatic heterocycles. The first-order valence-electron chi connectivity index (χ1n) is 10.4. The van der Waals surface area contributed by atoms with Crippen LogP contribution < -0.4 is 24.3 Å². The van der Waals surface area contributed by atoms with E-state index in [0.29, 0.717) is 56.6 Å². The summed E-state index contributed by atoms with van der Waals surface area (Å²) >= 11 is 0. The van der Waals surface area contributed by atoms with Gasteiger partial charge in [-0.05, 0) is 30.3 Å². The van der Waals surface area contributed by atoms with Crippen molar-refractivity contribution in [2.75, 3.05) is 33.8 Å². The molecule has 34 heavy (non-hydrogen) atoms. The number of hydrogen-bond acceptors (Lipinski definition) is 6. The van der Waals surface area contributed by atoms with Crippen LogP contribution in [0.15, 0.2) is 42.6 Å². The van der Waals surface area contributed by atoms with Crippen molar-refractivity contribution in [3.63, 3.8) is 0 Å². The summed E-state index contributed by atoms with van der Waals surface area (Å²) in [5.74, 6) is 7.57. The number of carbonyl (C=O) groups is 1. The standard InChI is InChI=1S/C26H24N2O6/c1-31-21-10-11-27-19(21)12-17-25-15(6-5-7-18(25)28-26(17)30)8-9-20(29)16-13-23(33-3)24(34-4)14-22(16)32-2/h5-7,10-14,20,27,29H,1-4H3,(H,28,30). The number of amides is 1. The normalized spacial score (nSPS) is 14.0. The number of hydrogen-bond donors (Lipinski definition) is 3. The molecule has 2 aromatic carbocycles. The maximum atomic E-state index is 12.7. The van der Waals surface area contributed by atoms with Gasteiger partial charge in [0.15, 0.2) is 11.5 Å². The van der Waals surface area contributed by atoms with Crippen LogP contribution >= 0.6 is 0 Å². The Bertz CT molecular complexity index is 1330. The first-order chi connectivity index (χ1) is 16.5. The van der Waals surface area contributed by atoms with Gasteiger partial charge in [0, 0.05) is 29.0 Å². The third kappa shape index (κ3) is 4.17. The van der Waals surface area contributed by atoms with Crippen molar-refractivity contribution in [1.82, 2.24) is 4.98 Å². The predicted octanol–water partition coefficient (Wildman–Crippen LogP) is 3.63. The summed E-state index contributed by atoms with van der Waals surface area (Å²) in [6.45, 7) is 0. The Morgan fingerprint density at radius 1 is 0.941 bits per heavy atom. The first-order valence-corrected chi connectivity index (χ1v) is 10.4. The highest BCUT2D eigenvalue weighted by Crippen LogP contribution is 2.38. The second-order valence-corrected chi connectivity index (χ2v) is 7.32. The van der Waals surface area contributed by atoms with E-state index in [-0.39, 0.29) is 5.91 Å². The number of aromatic amines is 1. The summed E-state index contributed by atoms with van der Waals surface area (Å²) in [4.78, 5) is 15.8. The molecular formula is C26H24N2O6. The molecule has 2 heterocycles. The molecular weight excluding hydrogens is 436 g/mol. The topological polar surface area (TPSA) is 102 Å². The zero-order chi connectivity index (χ0) is 24.2. The van der Waals surface area contributed by atoms with E-state index in [4.69, 9.17) is 18.9 Å². The molecule has 8 heteroatoms. The lowest BCUT2D eigenvalue weighted by molar-refractivity contribution is -0.110. The van der Waals surface area contributed by atoms with Crippen molar-refractivity contribution >= 4 is 23.2 Å². The third-order valence-electron chi connectivity index (χ3n) is 5.45. The van der Waals surface area contributed by atoms with E-state index in [1.807, 2.05) is 0 Å². The number of methoxy groups -OCH3 is 4. The van der Waals surface area contributed by atoms with Crippen LogP contribution in [-0.2, 0) is 4.79 Å². The van der Waals surface area contributed by atoms with Gasteiger partial charge in [0.2, 0.25) is 0 Å². The largest absolute Gasteiger partial charge is 0.496 e. The van der Waals surface area contributed by atoms with Crippen molar-refractivity contribution in [1.29, 1.82) is 0 Å². The van der Waals surface area contributed by atoms with Gasteiger partial charge in [-0.15, -0.1) is 0 Å². The van der Waals surface area contributed by atoms with Crippen molar-refractivity contribution in [3.05, 3.63) is 65.0 Å². The highest BCUT2D eigenvalue weighted by Gasteiger charge is 2.27. The Balaban J connectivity index is 1.75. The number of benzene rings is 2. The molecule has 0 radical (unpaired) electrons. The van der Waals surface area contributed by atoms with Crippen LogP contribution in [-0.4, -0.2) is 44.4 Å². The molecule has 0 aliphatic carbocycles. The van der Waals surface area contributed by atoms with Crippen LogP contribution in [0.4, 0.5) is 5.69 Å². The molecule has 1 atom stereocenters. The maximum absolute atomic E-state index is 12.7. The summed E-state index contributed by atoms with van der Waals surface area (Å²) in [7, 11) is 6.09. The summed E-state index contributed by atoms with van der Waals surface area (Å²) in [6, 6.07) is 10.4. The van der Waals surface area contributed by atoms with E-state index in [0.717, 1.165) is 0 Å². The van der Waals surface area contributed by atoms with Crippen molar-refractivity contribution in [3.8, 4) is 34.8 Å². The fourth-order valence-electron chi connectivity index (χ4n) is 3.79. The average molecular weight is 460 g/mol. The zero-order valence-electron chi connectivity index (χ0n) is 19.2. The number of carbonyl (C=O) groups excluding carboxylic acids is 1. The summed E-state index contributed by atoms with van der Waals surface area (Å²) in [6.07, 6.45) is 2.28. The van der Waals surface area contributed by atoms with E-state index >= 15 is 0 Å². The van der Waals surface area contributed by atoms with Gasteiger partial charge < -0.3 is 34.4 Å². The van der Waals surface area contributed by atoms with E-state index in [9.17, 15) is 9.90 Å². The molecule has 0 spiro atoms. The van der Waals surface area contributed by atoms with Crippen LogP contribution in [0.1, 0.15) is 28.5 Å². The Labute approximate surface area is 197 Å². The molecule has 174 valence electrons. The SMILES string of the molecule is COc1cc(OC)c(C(O)C#Cc2cccc3c2C(=Cc2[nH]ccc2OC)C(=O)N3)cc1OC. The number of rotatable bonds is 6. The Kier molecular flexibility index (Phi) is 6.48. The van der Waals surface area contributed by atoms with Crippen LogP contribution in [0.25, 0.3) is 11.6 Å². The lowest BCUT2D eigenvalue weighted by atomic mass is 9.99. The smallest absolute Gasteiger partial charge is 0.256 e. The molecule has 0 saturated carbocycles. The lowest BCUT2D eigenvalue weighted by Crippen LogP contribution is -2.03. The summed E-state index contributed by atoms with van der Waals surface area (Å²) in [5.41, 5.74) is 3.43. The molecule has 0 fully saturated rings. The van der Waals surface area contributed by atoms with Gasteiger partial charge >= 0.3 is 0 Å². The number of aromatic nitrogens is 1. The minimum absolute atomic E-state index is 0.247. The average Bonchev–Trinajstić information content (AvgIpc) is 3.45. The van der Waals surface area contributed by atoms with Crippen molar-refractivity contribution < 1.29 is 28.8 Å². The minimum Gasteiger partial charge on any atom is -0.496 e. The van der Waals surface area contributed by atoms with E-state index in [2.05, 4.69) is 22.1 Å². The van der Waals surface area contributed by atoms with Gasteiger partial charge in [-0.1, -0.05) is 17.9 Å². The van der Waals surface area contributed by atoms with Crippen LogP contribution in [0.2, 0.25) is 0 Å². The number of aliphatic hydroxyl groups is 1. The third-order valence-corrected chi connectivity index (χ3v) is 5.45. The number of nitrogens with one attached hydrogen (secondary N) is 2. The highest BCUT2D eigenvalue weighted by molar-refractivity contribution is 6.35. The van der Waals surface area contributed by atoms with Gasteiger partial charge in [-0.25, -0.2) is 0 Å². The Morgan fingerprint density at radius 3 is 2.35 bits per heavy atom. The van der Waals surface area contributed by atoms with E-state index in [1.165, 1.54) is 21.3 Å². The zero-order valence-corrected chi connectivity index (χ0v) is 19.2. The molecule has 0 bridgehead atoms. The number of H-pyrrole nitrogens is 1. The molecule has 1 aliphatic rings. The Hall–Kier alpha value is -4.35. The molecule has 0 saturated heterocycles. The van der Waals surface area contributed by atoms with Gasteiger partial charge in [-0.2, -0.15) is 0 Å². The van der Waals surface area contributed by atoms with Crippen LogP contribution in [0.5, 0.6) is 23.0 Å². The highest BCUT2D eigenvalue weighted by atomic mass is 16.5. The Morgan fingerprint density at radius 2 is 1.65 bits per heavy atom. The van der Waals surface area contributed by atoms with Gasteiger partial charge in [-0.3, -0.25) is 4.79 Å². The fraction of sp³-hybridized carbons (Fsp3) is 0.192. The van der Waals surface area contributed by atoms with Crippen molar-refractivity contribution in [2.45, 2.75) is 6.10 Å². The number of aliphatic hydroxyl groups excluding tert-OH is 1. The summed E-state index contributed by atoms with van der Waals surface area (Å²) < 4.78 is 21.4. The number of anilines is 1. The second-order valence-electron chi connectivity index (χ2n) is 7.32. The van der Waals surface area contributed by atoms with Gasteiger partial charge in [0.25, 0.3) is 5.91 Å². The number of ether oxygens (including phenoxy) is 4. The molecule has 1 unspecified atom stereocenters. The minimum atomic E-state index is -1.17. The fourth-order valence-corrected chi connectivity index (χ4v) is 3.79.